The average molecular weight is 467 g/mol. The van der Waals surface area contributed by atoms with Crippen LogP contribution in [0.25, 0.3) is 0 Å². The molecule has 0 saturated heterocycles. The van der Waals surface area contributed by atoms with Crippen molar-refractivity contribution in [2.75, 3.05) is 31.6 Å². The van der Waals surface area contributed by atoms with Gasteiger partial charge in [-0.2, -0.15) is 0 Å². The average Bonchev–Trinajstić information content (AvgIpc) is 2.76. The summed E-state index contributed by atoms with van der Waals surface area (Å²) in [6, 6.07) is 14.8. The quantitative estimate of drug-likeness (QED) is 0.191. The van der Waals surface area contributed by atoms with Gasteiger partial charge >= 0.3 is 6.09 Å². The molecule has 1 unspecified atom stereocenters. The number of aryl methyl sites for hydroxylation is 1. The van der Waals surface area contributed by atoms with Gasteiger partial charge in [-0.25, -0.2) is 4.79 Å². The Morgan fingerprint density at radius 1 is 0.969 bits per heavy atom. The zero-order valence-corrected chi connectivity index (χ0v) is 19.2. The molecule has 178 valence electrons. The van der Waals surface area contributed by atoms with E-state index in [9.17, 15) is 15.0 Å². The molecule has 7 nitrogen and oxygen atoms in total. The van der Waals surface area contributed by atoms with Crippen molar-refractivity contribution >= 4 is 24.2 Å². The van der Waals surface area contributed by atoms with E-state index in [-0.39, 0.29) is 23.8 Å². The highest BCUT2D eigenvalue weighted by atomic mass is 35.5. The lowest BCUT2D eigenvalue weighted by atomic mass is 10.1. The molecule has 5 N–H and O–H groups in total. The highest BCUT2D eigenvalue weighted by Crippen LogP contribution is 2.27. The zero-order valence-electron chi connectivity index (χ0n) is 18.3. The Hall–Kier alpha value is -2.32. The molecule has 8 heteroatoms. The third-order valence-electron chi connectivity index (χ3n) is 4.97. The molecule has 0 aliphatic rings. The van der Waals surface area contributed by atoms with Gasteiger partial charge in [0.2, 0.25) is 0 Å². The molecule has 0 saturated carbocycles. The molecular formula is C24H35ClN2O5. The summed E-state index contributed by atoms with van der Waals surface area (Å²) in [6.07, 6.45) is 4.35. The van der Waals surface area contributed by atoms with Gasteiger partial charge in [0.05, 0.1) is 11.8 Å². The highest BCUT2D eigenvalue weighted by molar-refractivity contribution is 5.85. The SMILES string of the molecule is Cl.O=C(O)Nc1cc(C(O)CNCCCCCCOCCCc2ccccc2)ccc1O. The first kappa shape index (κ1) is 27.7. The number of hydrogen-bond acceptors (Lipinski definition) is 5. The molecule has 0 radical (unpaired) electrons. The van der Waals surface area contributed by atoms with Crippen molar-refractivity contribution in [2.45, 2.75) is 44.6 Å². The smallest absolute Gasteiger partial charge is 0.409 e. The van der Waals surface area contributed by atoms with Gasteiger partial charge in [0.1, 0.15) is 5.75 Å². The number of rotatable bonds is 15. The summed E-state index contributed by atoms with van der Waals surface area (Å²) in [5.41, 5.74) is 1.95. The van der Waals surface area contributed by atoms with E-state index in [0.717, 1.165) is 58.3 Å². The number of aliphatic hydroxyl groups excluding tert-OH is 1. The van der Waals surface area contributed by atoms with Crippen LogP contribution >= 0.6 is 12.4 Å². The number of halogens is 1. The molecule has 1 atom stereocenters. The number of benzene rings is 2. The van der Waals surface area contributed by atoms with Crippen LogP contribution in [-0.4, -0.2) is 47.7 Å². The summed E-state index contributed by atoms with van der Waals surface area (Å²) in [5, 5.41) is 34.0. The van der Waals surface area contributed by atoms with Gasteiger partial charge in [-0.3, -0.25) is 5.32 Å². The van der Waals surface area contributed by atoms with E-state index in [0.29, 0.717) is 12.1 Å². The van der Waals surface area contributed by atoms with Crippen molar-refractivity contribution in [1.29, 1.82) is 0 Å². The van der Waals surface area contributed by atoms with Crippen molar-refractivity contribution in [2.24, 2.45) is 0 Å². The van der Waals surface area contributed by atoms with E-state index in [1.807, 2.05) is 6.07 Å². The molecule has 0 spiro atoms. The van der Waals surface area contributed by atoms with Crippen LogP contribution in [0.5, 0.6) is 5.75 Å². The van der Waals surface area contributed by atoms with Gasteiger partial charge < -0.3 is 25.4 Å². The van der Waals surface area contributed by atoms with Crippen LogP contribution in [0.4, 0.5) is 10.5 Å². The molecule has 0 aliphatic carbocycles. The van der Waals surface area contributed by atoms with E-state index in [1.54, 1.807) is 6.07 Å². The summed E-state index contributed by atoms with van der Waals surface area (Å²) in [7, 11) is 0. The second kappa shape index (κ2) is 16.3. The summed E-state index contributed by atoms with van der Waals surface area (Å²) >= 11 is 0. The van der Waals surface area contributed by atoms with Gasteiger partial charge in [-0.1, -0.05) is 49.2 Å². The number of unbranched alkanes of at least 4 members (excludes halogenated alkanes) is 3. The fourth-order valence-electron chi connectivity index (χ4n) is 3.27. The van der Waals surface area contributed by atoms with Gasteiger partial charge in [-0.05, 0) is 55.5 Å². The van der Waals surface area contributed by atoms with Crippen molar-refractivity contribution in [3.63, 3.8) is 0 Å². The van der Waals surface area contributed by atoms with Crippen LogP contribution < -0.4 is 10.6 Å². The van der Waals surface area contributed by atoms with E-state index >= 15 is 0 Å². The van der Waals surface area contributed by atoms with Crippen LogP contribution in [0.15, 0.2) is 48.5 Å². The minimum Gasteiger partial charge on any atom is -0.506 e. The number of carbonyl (C=O) groups is 1. The lowest BCUT2D eigenvalue weighted by molar-refractivity contribution is 0.127. The summed E-state index contributed by atoms with van der Waals surface area (Å²) < 4.78 is 5.70. The Kier molecular flexibility index (Phi) is 14.1. The molecule has 2 aromatic rings. The molecular weight excluding hydrogens is 432 g/mol. The number of nitrogens with one attached hydrogen (secondary N) is 2. The van der Waals surface area contributed by atoms with Gasteiger partial charge in [0.15, 0.2) is 0 Å². The normalized spacial score (nSPS) is 11.5. The standard InChI is InChI=1S/C24H34N2O5.ClH/c27-22-13-12-20(17-21(22)26-24(29)30)23(28)18-25-14-6-1-2-7-15-31-16-8-11-19-9-4-3-5-10-19;/h3-5,9-10,12-13,17,23,25-28H,1-2,6-8,11,14-16,18H2,(H,29,30);1H. The van der Waals surface area contributed by atoms with Gasteiger partial charge in [-0.15, -0.1) is 12.4 Å². The lowest BCUT2D eigenvalue weighted by Crippen LogP contribution is -2.22. The van der Waals surface area contributed by atoms with Gasteiger partial charge in [0.25, 0.3) is 0 Å². The van der Waals surface area contributed by atoms with E-state index < -0.39 is 12.2 Å². The number of ether oxygens (including phenoxy) is 1. The predicted molar refractivity (Wildman–Crippen MR) is 129 cm³/mol. The van der Waals surface area contributed by atoms with Crippen LogP contribution in [0.1, 0.15) is 49.3 Å². The number of carboxylic acid groups (broad SMARTS) is 1. The highest BCUT2D eigenvalue weighted by Gasteiger charge is 2.11. The fraction of sp³-hybridized carbons (Fsp3) is 0.458. The Balaban J connectivity index is 0.00000512. The van der Waals surface area contributed by atoms with Crippen molar-refractivity contribution < 1.29 is 24.9 Å². The Morgan fingerprint density at radius 3 is 2.44 bits per heavy atom. The van der Waals surface area contributed by atoms with Crippen molar-refractivity contribution in [3.8, 4) is 5.75 Å². The first-order valence-electron chi connectivity index (χ1n) is 10.9. The topological polar surface area (TPSA) is 111 Å². The maximum atomic E-state index is 10.7. The summed E-state index contributed by atoms with van der Waals surface area (Å²) in [4.78, 5) is 10.7. The first-order chi connectivity index (χ1) is 15.1. The Labute approximate surface area is 196 Å². The molecule has 2 aromatic carbocycles. The minimum atomic E-state index is -1.27. The molecule has 0 aliphatic heterocycles. The van der Waals surface area contributed by atoms with E-state index in [2.05, 4.69) is 34.9 Å². The van der Waals surface area contributed by atoms with Crippen LogP contribution in [-0.2, 0) is 11.2 Å². The molecule has 0 fully saturated rings. The Morgan fingerprint density at radius 2 is 1.69 bits per heavy atom. The van der Waals surface area contributed by atoms with E-state index in [4.69, 9.17) is 9.84 Å². The van der Waals surface area contributed by atoms with Crippen LogP contribution in [0, 0.1) is 0 Å². The number of phenols is 1. The monoisotopic (exact) mass is 466 g/mol. The fourth-order valence-corrected chi connectivity index (χ4v) is 3.27. The number of aliphatic hydroxyl groups is 1. The predicted octanol–water partition coefficient (Wildman–Crippen LogP) is 4.74. The van der Waals surface area contributed by atoms with Crippen LogP contribution in [0.2, 0.25) is 0 Å². The molecule has 0 aromatic heterocycles. The van der Waals surface area contributed by atoms with Gasteiger partial charge in [0, 0.05) is 19.8 Å². The number of amides is 1. The third-order valence-corrected chi connectivity index (χ3v) is 4.97. The van der Waals surface area contributed by atoms with Crippen molar-refractivity contribution in [1.82, 2.24) is 5.32 Å². The second-order valence-corrected chi connectivity index (χ2v) is 7.54. The number of anilines is 1. The van der Waals surface area contributed by atoms with Crippen molar-refractivity contribution in [3.05, 3.63) is 59.7 Å². The lowest BCUT2D eigenvalue weighted by Gasteiger charge is -2.14. The maximum Gasteiger partial charge on any atom is 0.409 e. The number of hydrogen-bond donors (Lipinski definition) is 5. The number of phenolic OH excluding ortho intramolecular Hbond substituents is 1. The molecule has 0 bridgehead atoms. The second-order valence-electron chi connectivity index (χ2n) is 7.54. The summed E-state index contributed by atoms with van der Waals surface area (Å²) in [6.45, 7) is 2.76. The molecule has 0 heterocycles. The minimum absolute atomic E-state index is 0. The van der Waals surface area contributed by atoms with Crippen LogP contribution in [0.3, 0.4) is 0 Å². The maximum absolute atomic E-state index is 10.7. The molecule has 32 heavy (non-hydrogen) atoms. The third kappa shape index (κ3) is 11.3. The molecule has 1 amide bonds. The van der Waals surface area contributed by atoms with E-state index in [1.165, 1.54) is 17.7 Å². The summed E-state index contributed by atoms with van der Waals surface area (Å²) in [5.74, 6) is -0.175. The largest absolute Gasteiger partial charge is 0.506 e. The number of aromatic hydroxyl groups is 1. The molecule has 2 rings (SSSR count). The first-order valence-corrected chi connectivity index (χ1v) is 10.9. The zero-order chi connectivity index (χ0) is 22.3. The Bertz CT molecular complexity index is 776.